The van der Waals surface area contributed by atoms with Crippen LogP contribution in [-0.4, -0.2) is 64.1 Å². The minimum Gasteiger partial charge on any atom is -0.507 e. The number of phenols is 1. The highest BCUT2D eigenvalue weighted by Crippen LogP contribution is 2.32. The highest BCUT2D eigenvalue weighted by Gasteiger charge is 2.27. The lowest BCUT2D eigenvalue weighted by molar-refractivity contribution is 0.0748. The summed E-state index contributed by atoms with van der Waals surface area (Å²) in [5.74, 6) is -0.245. The molecule has 0 spiro atoms. The molecule has 168 valence electrons. The van der Waals surface area contributed by atoms with Crippen LogP contribution in [0.15, 0.2) is 30.3 Å². The fourth-order valence-corrected chi connectivity index (χ4v) is 4.03. The van der Waals surface area contributed by atoms with E-state index in [0.717, 1.165) is 28.8 Å². The Hall–Kier alpha value is -3.39. The lowest BCUT2D eigenvalue weighted by atomic mass is 10.0. The van der Waals surface area contributed by atoms with Gasteiger partial charge in [0.05, 0.1) is 16.8 Å². The van der Waals surface area contributed by atoms with Gasteiger partial charge < -0.3 is 20.2 Å². The molecule has 1 aliphatic heterocycles. The summed E-state index contributed by atoms with van der Waals surface area (Å²) in [7, 11) is 3.91. The topological polar surface area (TPSA) is 102 Å². The molecule has 4 rings (SSSR count). The number of hydrogen-bond donors (Lipinski definition) is 3. The smallest absolute Gasteiger partial charge is 0.258 e. The molecule has 0 atom stereocenters. The van der Waals surface area contributed by atoms with Crippen molar-refractivity contribution in [2.45, 2.75) is 32.9 Å². The number of aromatic hydroxyl groups is 1. The number of benzene rings is 2. The van der Waals surface area contributed by atoms with Gasteiger partial charge in [0.15, 0.2) is 0 Å². The monoisotopic (exact) mass is 435 g/mol. The molecular weight excluding hydrogens is 406 g/mol. The molecule has 3 N–H and O–H groups in total. The van der Waals surface area contributed by atoms with Crippen molar-refractivity contribution in [2.75, 3.05) is 27.2 Å². The number of nitrogens with one attached hydrogen (secondary N) is 2. The predicted octanol–water partition coefficient (Wildman–Crippen LogP) is 2.84. The fraction of sp³-hybridized carbons (Fsp3) is 0.375. The number of rotatable bonds is 6. The third-order valence-corrected chi connectivity index (χ3v) is 5.81. The number of H-pyrrole nitrogens is 1. The molecule has 0 fully saturated rings. The summed E-state index contributed by atoms with van der Waals surface area (Å²) in [6, 6.07) is 8.82. The molecule has 0 radical (unpaired) electrons. The highest BCUT2D eigenvalue weighted by atomic mass is 16.3. The van der Waals surface area contributed by atoms with Crippen LogP contribution in [0, 0.1) is 0 Å². The molecule has 0 saturated heterocycles. The lowest BCUT2D eigenvalue weighted by Gasteiger charge is -2.16. The first-order valence-electron chi connectivity index (χ1n) is 10.8. The van der Waals surface area contributed by atoms with E-state index in [9.17, 15) is 14.7 Å². The van der Waals surface area contributed by atoms with Gasteiger partial charge in [0, 0.05) is 43.2 Å². The van der Waals surface area contributed by atoms with Crippen molar-refractivity contribution < 1.29 is 14.7 Å². The van der Waals surface area contributed by atoms with Gasteiger partial charge in [-0.05, 0) is 49.3 Å². The van der Waals surface area contributed by atoms with Crippen LogP contribution in [0.5, 0.6) is 5.75 Å². The second-order valence-electron chi connectivity index (χ2n) is 8.88. The molecule has 0 bridgehead atoms. The van der Waals surface area contributed by atoms with Gasteiger partial charge in [-0.2, -0.15) is 5.10 Å². The third-order valence-electron chi connectivity index (χ3n) is 5.81. The van der Waals surface area contributed by atoms with E-state index in [1.807, 2.05) is 45.0 Å². The maximum atomic E-state index is 13.3. The zero-order valence-electron chi connectivity index (χ0n) is 18.9. The molecule has 1 aromatic heterocycles. The van der Waals surface area contributed by atoms with E-state index in [1.165, 1.54) is 0 Å². The first-order valence-corrected chi connectivity index (χ1v) is 10.8. The minimum atomic E-state index is -0.242. The van der Waals surface area contributed by atoms with Gasteiger partial charge in [-0.1, -0.05) is 19.9 Å². The number of carbonyl (C=O) groups excluding carboxylic acids is 2. The van der Waals surface area contributed by atoms with E-state index >= 15 is 0 Å². The molecule has 2 amide bonds. The van der Waals surface area contributed by atoms with E-state index in [2.05, 4.69) is 15.5 Å². The van der Waals surface area contributed by atoms with Crippen molar-refractivity contribution in [1.82, 2.24) is 25.3 Å². The number of fused-ring (bicyclic) bond motifs is 2. The van der Waals surface area contributed by atoms with Crippen LogP contribution in [0.1, 0.15) is 57.3 Å². The second kappa shape index (κ2) is 8.63. The van der Waals surface area contributed by atoms with Crippen molar-refractivity contribution in [3.05, 3.63) is 58.3 Å². The van der Waals surface area contributed by atoms with Crippen molar-refractivity contribution in [3.63, 3.8) is 0 Å². The van der Waals surface area contributed by atoms with Crippen molar-refractivity contribution in [1.29, 1.82) is 0 Å². The van der Waals surface area contributed by atoms with Crippen molar-refractivity contribution in [2.24, 2.45) is 0 Å². The van der Waals surface area contributed by atoms with Gasteiger partial charge in [-0.3, -0.25) is 14.7 Å². The molecule has 0 saturated carbocycles. The summed E-state index contributed by atoms with van der Waals surface area (Å²) in [6.07, 6.45) is 0. The molecule has 32 heavy (non-hydrogen) atoms. The van der Waals surface area contributed by atoms with Crippen LogP contribution in [-0.2, 0) is 13.1 Å². The van der Waals surface area contributed by atoms with Gasteiger partial charge >= 0.3 is 0 Å². The molecule has 0 unspecified atom stereocenters. The zero-order chi connectivity index (χ0) is 23.0. The number of nitrogens with zero attached hydrogens (tertiary/aromatic N) is 3. The molecule has 1 aliphatic rings. The Morgan fingerprint density at radius 1 is 1.19 bits per heavy atom. The van der Waals surface area contributed by atoms with Gasteiger partial charge in [0.2, 0.25) is 0 Å². The van der Waals surface area contributed by atoms with Gasteiger partial charge in [-0.25, -0.2) is 0 Å². The Labute approximate surface area is 187 Å². The number of phenolic OH excluding ortho intramolecular Hbond substituents is 1. The van der Waals surface area contributed by atoms with Crippen LogP contribution in [0.4, 0.5) is 0 Å². The standard InChI is InChI=1S/C24H29N5O3/c1-14(2)22-18-10-19(21(30)11-20(18)26-27-22)24(32)29-12-16-6-5-15(9-17(16)13-29)23(31)25-7-8-28(3)4/h5-6,9-11,14,30H,7-8,12-13H2,1-4H3,(H,25,31)(H,26,27). The number of aromatic nitrogens is 2. The van der Waals surface area contributed by atoms with E-state index in [0.29, 0.717) is 30.7 Å². The van der Waals surface area contributed by atoms with E-state index in [1.54, 1.807) is 23.1 Å². The molecule has 0 aliphatic carbocycles. The Morgan fingerprint density at radius 2 is 1.94 bits per heavy atom. The van der Waals surface area contributed by atoms with Gasteiger partial charge in [-0.15, -0.1) is 0 Å². The maximum absolute atomic E-state index is 13.3. The van der Waals surface area contributed by atoms with Crippen LogP contribution in [0.2, 0.25) is 0 Å². The lowest BCUT2D eigenvalue weighted by Crippen LogP contribution is -2.31. The van der Waals surface area contributed by atoms with Gasteiger partial charge in [0.25, 0.3) is 11.8 Å². The summed E-state index contributed by atoms with van der Waals surface area (Å²) < 4.78 is 0. The second-order valence-corrected chi connectivity index (χ2v) is 8.88. The fourth-order valence-electron chi connectivity index (χ4n) is 4.03. The largest absolute Gasteiger partial charge is 0.507 e. The summed E-state index contributed by atoms with van der Waals surface area (Å²) >= 11 is 0. The Bertz CT molecular complexity index is 1180. The van der Waals surface area contributed by atoms with E-state index in [-0.39, 0.29) is 29.0 Å². The molecule has 3 aromatic rings. The van der Waals surface area contributed by atoms with Crippen molar-refractivity contribution in [3.8, 4) is 5.75 Å². The molecule has 2 heterocycles. The van der Waals surface area contributed by atoms with E-state index in [4.69, 9.17) is 0 Å². The number of likely N-dealkylation sites (N-methyl/N-ethyl adjacent to an activating group) is 1. The maximum Gasteiger partial charge on any atom is 0.258 e. The van der Waals surface area contributed by atoms with Crippen LogP contribution in [0.25, 0.3) is 10.9 Å². The SMILES string of the molecule is CC(C)c1n[nH]c2cc(O)c(C(=O)N3Cc4ccc(C(=O)NCCN(C)C)cc4C3)cc12. The van der Waals surface area contributed by atoms with Crippen LogP contribution in [0.3, 0.4) is 0 Å². The average molecular weight is 436 g/mol. The quantitative estimate of drug-likeness (QED) is 0.553. The van der Waals surface area contributed by atoms with Gasteiger partial charge in [0.1, 0.15) is 5.75 Å². The molecule has 8 heteroatoms. The Balaban J connectivity index is 1.52. The average Bonchev–Trinajstić information content (AvgIpc) is 3.35. The third kappa shape index (κ3) is 4.18. The number of hydrogen-bond acceptors (Lipinski definition) is 5. The first kappa shape index (κ1) is 21.8. The van der Waals surface area contributed by atoms with Crippen LogP contribution < -0.4 is 5.32 Å². The Morgan fingerprint density at radius 3 is 2.66 bits per heavy atom. The zero-order valence-corrected chi connectivity index (χ0v) is 18.9. The number of aromatic amines is 1. The summed E-state index contributed by atoms with van der Waals surface area (Å²) in [6.45, 7) is 6.25. The van der Waals surface area contributed by atoms with Crippen LogP contribution >= 0.6 is 0 Å². The normalized spacial score (nSPS) is 13.2. The molecule has 8 nitrogen and oxygen atoms in total. The summed E-state index contributed by atoms with van der Waals surface area (Å²) in [5.41, 5.74) is 4.37. The van der Waals surface area contributed by atoms with Crippen molar-refractivity contribution >= 4 is 22.7 Å². The highest BCUT2D eigenvalue weighted by molar-refractivity contribution is 6.01. The minimum absolute atomic E-state index is 0.0710. The number of amides is 2. The first-order chi connectivity index (χ1) is 15.2. The predicted molar refractivity (Wildman–Crippen MR) is 123 cm³/mol. The summed E-state index contributed by atoms with van der Waals surface area (Å²) in [4.78, 5) is 29.4. The number of carbonyl (C=O) groups is 2. The molecule has 2 aromatic carbocycles. The summed E-state index contributed by atoms with van der Waals surface area (Å²) in [5, 5.41) is 21.5. The van der Waals surface area contributed by atoms with E-state index < -0.39 is 0 Å². The Kier molecular flexibility index (Phi) is 5.88. The molecular formula is C24H29N5O3.